The highest BCUT2D eigenvalue weighted by Gasteiger charge is 2.27. The Bertz CT molecular complexity index is 335. The molecule has 90 valence electrons. The molecular weight excluding hydrogens is 198 g/mol. The van der Waals surface area contributed by atoms with E-state index in [2.05, 4.69) is 32.9 Å². The number of nitrogens with two attached hydrogens (primary N) is 1. The number of hydrogen-bond acceptors (Lipinski definition) is 2. The van der Waals surface area contributed by atoms with Gasteiger partial charge in [0.25, 0.3) is 0 Å². The lowest BCUT2D eigenvalue weighted by Crippen LogP contribution is -2.34. The van der Waals surface area contributed by atoms with Crippen molar-refractivity contribution in [3.63, 3.8) is 0 Å². The van der Waals surface area contributed by atoms with Gasteiger partial charge in [0.15, 0.2) is 0 Å². The third-order valence-corrected chi connectivity index (χ3v) is 3.65. The molecule has 16 heavy (non-hydrogen) atoms. The molecule has 1 unspecified atom stereocenters. The predicted molar refractivity (Wildman–Crippen MR) is 68.7 cm³/mol. The second-order valence-corrected chi connectivity index (χ2v) is 5.00. The van der Waals surface area contributed by atoms with E-state index < -0.39 is 0 Å². The highest BCUT2D eigenvalue weighted by atomic mass is 16.5. The monoisotopic (exact) mass is 221 g/mol. The Hall–Kier alpha value is -1.02. The predicted octanol–water partition coefficient (Wildman–Crippen LogP) is 2.86. The fraction of sp³-hybridized carbons (Fsp3) is 0.571. The maximum absolute atomic E-state index is 5.91. The summed E-state index contributed by atoms with van der Waals surface area (Å²) in [5, 5.41) is 0. The molecule has 0 radical (unpaired) electrons. The van der Waals surface area contributed by atoms with Crippen LogP contribution in [0.2, 0.25) is 0 Å². The highest BCUT2D eigenvalue weighted by molar-refractivity contribution is 5.34. The largest absolute Gasteiger partial charge is 0.496 e. The standard InChI is InChI=1S/C14H23NO/c1-11(2)14(3,10-15)9-12-7-5-6-8-13(12)16-4/h5-8,11H,9-10,15H2,1-4H3. The van der Waals surface area contributed by atoms with E-state index in [9.17, 15) is 0 Å². The van der Waals surface area contributed by atoms with Gasteiger partial charge in [0.1, 0.15) is 5.75 Å². The molecule has 0 heterocycles. The molecule has 1 aromatic carbocycles. The van der Waals surface area contributed by atoms with E-state index >= 15 is 0 Å². The van der Waals surface area contributed by atoms with Crippen molar-refractivity contribution < 1.29 is 4.74 Å². The Morgan fingerprint density at radius 3 is 2.44 bits per heavy atom. The van der Waals surface area contributed by atoms with Crippen molar-refractivity contribution in [2.45, 2.75) is 27.2 Å². The smallest absolute Gasteiger partial charge is 0.122 e. The van der Waals surface area contributed by atoms with Crippen molar-refractivity contribution in [1.82, 2.24) is 0 Å². The summed E-state index contributed by atoms with van der Waals surface area (Å²) >= 11 is 0. The molecule has 0 fully saturated rings. The molecule has 0 saturated heterocycles. The van der Waals surface area contributed by atoms with Crippen molar-refractivity contribution in [2.24, 2.45) is 17.1 Å². The maximum Gasteiger partial charge on any atom is 0.122 e. The van der Waals surface area contributed by atoms with Gasteiger partial charge in [-0.25, -0.2) is 0 Å². The van der Waals surface area contributed by atoms with E-state index in [1.165, 1.54) is 5.56 Å². The molecule has 0 spiro atoms. The van der Waals surface area contributed by atoms with Gasteiger partial charge in [-0.2, -0.15) is 0 Å². The summed E-state index contributed by atoms with van der Waals surface area (Å²) in [6.45, 7) is 7.39. The van der Waals surface area contributed by atoms with E-state index in [1.54, 1.807) is 7.11 Å². The van der Waals surface area contributed by atoms with Crippen molar-refractivity contribution in [3.05, 3.63) is 29.8 Å². The normalized spacial score (nSPS) is 14.9. The Kier molecular flexibility index (Phi) is 4.36. The average Bonchev–Trinajstić information content (AvgIpc) is 2.29. The summed E-state index contributed by atoms with van der Waals surface area (Å²) in [6, 6.07) is 8.17. The third-order valence-electron chi connectivity index (χ3n) is 3.65. The van der Waals surface area contributed by atoms with E-state index in [4.69, 9.17) is 10.5 Å². The molecule has 1 aromatic rings. The second kappa shape index (κ2) is 5.35. The first-order chi connectivity index (χ1) is 7.53. The summed E-state index contributed by atoms with van der Waals surface area (Å²) in [5.41, 5.74) is 7.28. The lowest BCUT2D eigenvalue weighted by Gasteiger charge is -2.33. The van der Waals surface area contributed by atoms with Crippen LogP contribution >= 0.6 is 0 Å². The Morgan fingerprint density at radius 1 is 1.31 bits per heavy atom. The summed E-state index contributed by atoms with van der Waals surface area (Å²) in [5.74, 6) is 1.52. The zero-order chi connectivity index (χ0) is 12.2. The first-order valence-corrected chi connectivity index (χ1v) is 5.85. The molecule has 0 aliphatic heterocycles. The van der Waals surface area contributed by atoms with Crippen LogP contribution in [-0.2, 0) is 6.42 Å². The minimum absolute atomic E-state index is 0.134. The fourth-order valence-corrected chi connectivity index (χ4v) is 1.80. The topological polar surface area (TPSA) is 35.2 Å². The van der Waals surface area contributed by atoms with E-state index in [0.717, 1.165) is 12.2 Å². The van der Waals surface area contributed by atoms with Crippen LogP contribution in [-0.4, -0.2) is 13.7 Å². The van der Waals surface area contributed by atoms with Crippen molar-refractivity contribution in [1.29, 1.82) is 0 Å². The number of hydrogen-bond donors (Lipinski definition) is 1. The Morgan fingerprint density at radius 2 is 1.94 bits per heavy atom. The minimum atomic E-state index is 0.134. The van der Waals surface area contributed by atoms with Gasteiger partial charge in [0.2, 0.25) is 0 Å². The molecule has 0 saturated carbocycles. The molecule has 1 rings (SSSR count). The van der Waals surface area contributed by atoms with Gasteiger partial charge in [0, 0.05) is 0 Å². The lowest BCUT2D eigenvalue weighted by atomic mass is 9.74. The molecule has 0 aliphatic carbocycles. The number of ether oxygens (including phenoxy) is 1. The van der Waals surface area contributed by atoms with Gasteiger partial charge in [-0.1, -0.05) is 39.0 Å². The SMILES string of the molecule is COc1ccccc1CC(C)(CN)C(C)C. The summed E-state index contributed by atoms with van der Waals surface area (Å²) < 4.78 is 5.37. The highest BCUT2D eigenvalue weighted by Crippen LogP contribution is 2.33. The van der Waals surface area contributed by atoms with Gasteiger partial charge >= 0.3 is 0 Å². The van der Waals surface area contributed by atoms with Gasteiger partial charge in [0.05, 0.1) is 7.11 Å². The Labute approximate surface area is 98.8 Å². The average molecular weight is 221 g/mol. The number of rotatable bonds is 5. The van der Waals surface area contributed by atoms with Gasteiger partial charge in [-0.05, 0) is 35.9 Å². The van der Waals surface area contributed by atoms with Gasteiger partial charge < -0.3 is 10.5 Å². The molecule has 2 N–H and O–H groups in total. The Balaban J connectivity index is 2.94. The second-order valence-electron chi connectivity index (χ2n) is 5.00. The summed E-state index contributed by atoms with van der Waals surface area (Å²) in [7, 11) is 1.72. The molecule has 0 bridgehead atoms. The van der Waals surface area contributed by atoms with Crippen LogP contribution < -0.4 is 10.5 Å². The van der Waals surface area contributed by atoms with Gasteiger partial charge in [-0.3, -0.25) is 0 Å². The van der Waals surface area contributed by atoms with Crippen LogP contribution in [0.4, 0.5) is 0 Å². The molecule has 0 aromatic heterocycles. The molecule has 2 heteroatoms. The van der Waals surface area contributed by atoms with E-state index in [1.807, 2.05) is 12.1 Å². The van der Waals surface area contributed by atoms with Crippen LogP contribution in [0.15, 0.2) is 24.3 Å². The number of benzene rings is 1. The maximum atomic E-state index is 5.91. The van der Waals surface area contributed by atoms with Crippen LogP contribution in [0.5, 0.6) is 5.75 Å². The van der Waals surface area contributed by atoms with Crippen molar-refractivity contribution in [2.75, 3.05) is 13.7 Å². The first-order valence-electron chi connectivity index (χ1n) is 5.85. The van der Waals surface area contributed by atoms with Crippen LogP contribution in [0.1, 0.15) is 26.3 Å². The minimum Gasteiger partial charge on any atom is -0.496 e. The zero-order valence-electron chi connectivity index (χ0n) is 10.8. The van der Waals surface area contributed by atoms with E-state index in [-0.39, 0.29) is 5.41 Å². The molecule has 2 nitrogen and oxygen atoms in total. The third kappa shape index (κ3) is 2.76. The molecule has 0 amide bonds. The van der Waals surface area contributed by atoms with E-state index in [0.29, 0.717) is 12.5 Å². The fourth-order valence-electron chi connectivity index (χ4n) is 1.80. The number of methoxy groups -OCH3 is 1. The van der Waals surface area contributed by atoms with Crippen LogP contribution in [0, 0.1) is 11.3 Å². The van der Waals surface area contributed by atoms with Gasteiger partial charge in [-0.15, -0.1) is 0 Å². The van der Waals surface area contributed by atoms with Crippen molar-refractivity contribution >= 4 is 0 Å². The van der Waals surface area contributed by atoms with Crippen LogP contribution in [0.3, 0.4) is 0 Å². The van der Waals surface area contributed by atoms with Crippen LogP contribution in [0.25, 0.3) is 0 Å². The molecule has 1 atom stereocenters. The lowest BCUT2D eigenvalue weighted by molar-refractivity contribution is 0.225. The van der Waals surface area contributed by atoms with Crippen molar-refractivity contribution in [3.8, 4) is 5.75 Å². The quantitative estimate of drug-likeness (QED) is 0.829. The zero-order valence-corrected chi connectivity index (χ0v) is 10.8. The first kappa shape index (κ1) is 13.0. The number of para-hydroxylation sites is 1. The molecule has 0 aliphatic rings. The summed E-state index contributed by atoms with van der Waals surface area (Å²) in [4.78, 5) is 0. The summed E-state index contributed by atoms with van der Waals surface area (Å²) in [6.07, 6.45) is 0.963. The molecular formula is C14H23NO.